The van der Waals surface area contributed by atoms with Crippen molar-refractivity contribution in [1.82, 2.24) is 14.9 Å². The Balaban J connectivity index is 2.14. The minimum Gasteiger partial charge on any atom is -0.327 e. The molecule has 22 heavy (non-hydrogen) atoms. The first-order chi connectivity index (χ1) is 10.7. The van der Waals surface area contributed by atoms with Crippen LogP contribution in [0.25, 0.3) is 0 Å². The van der Waals surface area contributed by atoms with Crippen molar-refractivity contribution in [2.45, 2.75) is 13.1 Å². The molecule has 0 saturated heterocycles. The first kappa shape index (κ1) is 16.9. The predicted octanol–water partition coefficient (Wildman–Crippen LogP) is 3.30. The number of nitrogens with two attached hydrogens (primary N) is 1. The molecule has 0 aliphatic carbocycles. The maximum Gasteiger partial charge on any atom is 0.0730 e. The van der Waals surface area contributed by atoms with Gasteiger partial charge in [0.2, 0.25) is 0 Å². The summed E-state index contributed by atoms with van der Waals surface area (Å²) in [6, 6.07) is 7.32. The van der Waals surface area contributed by atoms with Crippen molar-refractivity contribution in [1.29, 1.82) is 0 Å². The molecule has 0 saturated carbocycles. The molecule has 0 aromatic carbocycles. The highest BCUT2D eigenvalue weighted by Gasteiger charge is 2.11. The van der Waals surface area contributed by atoms with Crippen molar-refractivity contribution < 1.29 is 0 Å². The molecule has 0 aliphatic heterocycles. The van der Waals surface area contributed by atoms with Gasteiger partial charge >= 0.3 is 0 Å². The minimum absolute atomic E-state index is 0.516. The molecule has 0 aliphatic rings. The quantitative estimate of drug-likeness (QED) is 0.788. The number of aromatic nitrogens is 2. The van der Waals surface area contributed by atoms with Crippen molar-refractivity contribution in [2.24, 2.45) is 5.73 Å². The van der Waals surface area contributed by atoms with Crippen LogP contribution in [0.4, 0.5) is 0 Å². The van der Waals surface area contributed by atoms with Gasteiger partial charge in [-0.05, 0) is 24.3 Å². The molecule has 4 nitrogen and oxygen atoms in total. The second kappa shape index (κ2) is 8.86. The third kappa shape index (κ3) is 5.07. The van der Waals surface area contributed by atoms with Crippen LogP contribution in [0.15, 0.2) is 48.8 Å². The molecule has 0 atom stereocenters. The van der Waals surface area contributed by atoms with Gasteiger partial charge in [-0.3, -0.25) is 14.9 Å². The van der Waals surface area contributed by atoms with Crippen LogP contribution in [0, 0.1) is 0 Å². The lowest BCUT2D eigenvalue weighted by molar-refractivity contribution is 0.279. The van der Waals surface area contributed by atoms with E-state index in [0.717, 1.165) is 17.9 Å². The van der Waals surface area contributed by atoms with Crippen molar-refractivity contribution in [3.05, 3.63) is 70.2 Å². The van der Waals surface area contributed by atoms with Gasteiger partial charge < -0.3 is 5.73 Å². The number of hydrogen-bond acceptors (Lipinski definition) is 4. The van der Waals surface area contributed by atoms with Gasteiger partial charge in [-0.25, -0.2) is 0 Å². The topological polar surface area (TPSA) is 55.0 Å². The van der Waals surface area contributed by atoms with Gasteiger partial charge in [0.15, 0.2) is 0 Å². The van der Waals surface area contributed by atoms with Gasteiger partial charge in [0.1, 0.15) is 0 Å². The maximum atomic E-state index is 6.20. The first-order valence-electron chi connectivity index (χ1n) is 6.97. The lowest BCUT2D eigenvalue weighted by Gasteiger charge is -2.21. The van der Waals surface area contributed by atoms with E-state index in [1.54, 1.807) is 12.4 Å². The van der Waals surface area contributed by atoms with E-state index in [1.807, 2.05) is 36.4 Å². The molecule has 2 aromatic rings. The van der Waals surface area contributed by atoms with Crippen LogP contribution in [0.3, 0.4) is 0 Å². The Labute approximate surface area is 140 Å². The number of hydrogen-bond donors (Lipinski definition) is 1. The minimum atomic E-state index is 0.516. The second-order valence-corrected chi connectivity index (χ2v) is 5.55. The van der Waals surface area contributed by atoms with Gasteiger partial charge in [0.25, 0.3) is 0 Å². The Morgan fingerprint density at radius 3 is 1.95 bits per heavy atom. The molecule has 0 fully saturated rings. The van der Waals surface area contributed by atoms with Crippen molar-refractivity contribution in [2.75, 3.05) is 13.1 Å². The first-order valence-corrected chi connectivity index (χ1v) is 7.72. The summed E-state index contributed by atoms with van der Waals surface area (Å²) in [5.74, 6) is 0. The Morgan fingerprint density at radius 1 is 0.955 bits per heavy atom. The highest BCUT2D eigenvalue weighted by atomic mass is 35.5. The van der Waals surface area contributed by atoms with Crippen LogP contribution in [-0.4, -0.2) is 28.0 Å². The summed E-state index contributed by atoms with van der Waals surface area (Å²) < 4.78 is 0. The van der Waals surface area contributed by atoms with Crippen LogP contribution in [-0.2, 0) is 13.1 Å². The van der Waals surface area contributed by atoms with Gasteiger partial charge in [0, 0.05) is 38.6 Å². The molecule has 116 valence electrons. The van der Waals surface area contributed by atoms with E-state index in [2.05, 4.69) is 14.9 Å². The molecule has 0 amide bonds. The summed E-state index contributed by atoms with van der Waals surface area (Å²) in [5, 5.41) is 1.31. The molecular formula is C16H18Cl2N4. The Hall–Kier alpha value is -1.46. The van der Waals surface area contributed by atoms with Crippen LogP contribution >= 0.6 is 23.2 Å². The fourth-order valence-electron chi connectivity index (χ4n) is 2.00. The molecule has 2 heterocycles. The predicted molar refractivity (Wildman–Crippen MR) is 90.8 cm³/mol. The largest absolute Gasteiger partial charge is 0.327 e. The Kier molecular flexibility index (Phi) is 6.80. The van der Waals surface area contributed by atoms with Gasteiger partial charge in [-0.15, -0.1) is 0 Å². The van der Waals surface area contributed by atoms with Crippen LogP contribution in [0.2, 0.25) is 10.0 Å². The van der Waals surface area contributed by atoms with E-state index in [4.69, 9.17) is 28.9 Å². The van der Waals surface area contributed by atoms with E-state index >= 15 is 0 Å². The van der Waals surface area contributed by atoms with Gasteiger partial charge in [-0.1, -0.05) is 35.4 Å². The molecular weight excluding hydrogens is 319 g/mol. The van der Waals surface area contributed by atoms with Crippen LogP contribution < -0.4 is 5.73 Å². The number of pyridine rings is 2. The fourth-order valence-corrected chi connectivity index (χ4v) is 2.36. The molecule has 2 aromatic heterocycles. The fraction of sp³-hybridized carbons (Fsp3) is 0.250. The lowest BCUT2D eigenvalue weighted by Crippen LogP contribution is -2.24. The average Bonchev–Trinajstić information content (AvgIpc) is 2.52. The molecule has 0 radical (unpaired) electrons. The molecule has 2 rings (SSSR count). The van der Waals surface area contributed by atoms with E-state index in [9.17, 15) is 0 Å². The second-order valence-electron chi connectivity index (χ2n) is 4.74. The highest BCUT2D eigenvalue weighted by molar-refractivity contribution is 6.31. The summed E-state index contributed by atoms with van der Waals surface area (Å²) in [5.41, 5.74) is 7.16. The zero-order valence-corrected chi connectivity index (χ0v) is 13.6. The summed E-state index contributed by atoms with van der Waals surface area (Å²) >= 11 is 12.4. The summed E-state index contributed by atoms with van der Waals surface area (Å²) in [7, 11) is 0. The van der Waals surface area contributed by atoms with E-state index < -0.39 is 0 Å². The third-order valence-corrected chi connectivity index (χ3v) is 3.77. The van der Waals surface area contributed by atoms with Crippen molar-refractivity contribution in [3.63, 3.8) is 0 Å². The molecule has 6 heteroatoms. The van der Waals surface area contributed by atoms with E-state index in [0.29, 0.717) is 29.7 Å². The smallest absolute Gasteiger partial charge is 0.0730 e. The number of rotatable bonds is 7. The molecule has 0 bridgehead atoms. The molecule has 0 spiro atoms. The average molecular weight is 337 g/mol. The molecule has 2 N–H and O–H groups in total. The molecule has 0 unspecified atom stereocenters. The Bertz CT molecular complexity index is 584. The van der Waals surface area contributed by atoms with E-state index in [-0.39, 0.29) is 0 Å². The van der Waals surface area contributed by atoms with E-state index in [1.165, 1.54) is 0 Å². The standard InChI is InChI=1S/C16H18Cl2N4/c17-13-5-3-8-20-15(13)11-22(10-2-1-7-19)12-16-14(18)6-4-9-21-16/h1-6,8-9H,7,10-12,19H2/b2-1+. The van der Waals surface area contributed by atoms with Crippen LogP contribution in [0.5, 0.6) is 0 Å². The van der Waals surface area contributed by atoms with Crippen LogP contribution in [0.1, 0.15) is 11.4 Å². The third-order valence-electron chi connectivity index (χ3n) is 3.08. The van der Waals surface area contributed by atoms with Gasteiger partial charge in [-0.2, -0.15) is 0 Å². The van der Waals surface area contributed by atoms with Crippen molar-refractivity contribution >= 4 is 23.2 Å². The number of nitrogens with zero attached hydrogens (tertiary/aromatic N) is 3. The monoisotopic (exact) mass is 336 g/mol. The zero-order chi connectivity index (χ0) is 15.8. The summed E-state index contributed by atoms with van der Waals surface area (Å²) in [4.78, 5) is 10.8. The number of halogens is 2. The lowest BCUT2D eigenvalue weighted by atomic mass is 10.2. The maximum absolute atomic E-state index is 6.20. The normalized spacial score (nSPS) is 11.5. The Morgan fingerprint density at radius 2 is 1.50 bits per heavy atom. The zero-order valence-electron chi connectivity index (χ0n) is 12.1. The highest BCUT2D eigenvalue weighted by Crippen LogP contribution is 2.18. The van der Waals surface area contributed by atoms with Gasteiger partial charge in [0.05, 0.1) is 21.4 Å². The van der Waals surface area contributed by atoms with Crippen molar-refractivity contribution in [3.8, 4) is 0 Å². The summed E-state index contributed by atoms with van der Waals surface area (Å²) in [6.45, 7) is 2.46. The summed E-state index contributed by atoms with van der Waals surface area (Å²) in [6.07, 6.45) is 7.42. The SMILES string of the molecule is NC/C=C/CN(Cc1ncccc1Cl)Cc1ncccc1Cl.